The highest BCUT2D eigenvalue weighted by Crippen LogP contribution is 2.49. The highest BCUT2D eigenvalue weighted by atomic mass is 35.5. The molecular weight excluding hydrogens is 398 g/mol. The molecule has 28 heavy (non-hydrogen) atoms. The van der Waals surface area contributed by atoms with Gasteiger partial charge in [0.25, 0.3) is 0 Å². The van der Waals surface area contributed by atoms with E-state index in [9.17, 15) is 4.39 Å². The lowest BCUT2D eigenvalue weighted by atomic mass is 9.96. The van der Waals surface area contributed by atoms with E-state index in [1.54, 1.807) is 12.1 Å². The van der Waals surface area contributed by atoms with Crippen molar-refractivity contribution in [2.24, 2.45) is 5.10 Å². The molecule has 0 bridgehead atoms. The minimum atomic E-state index is -0.453. The van der Waals surface area contributed by atoms with Gasteiger partial charge < -0.3 is 4.74 Å². The molecule has 3 aromatic carbocycles. The monoisotopic (exact) mass is 412 g/mol. The molecule has 2 aliphatic rings. The Labute approximate surface area is 172 Å². The maximum absolute atomic E-state index is 13.3. The van der Waals surface area contributed by atoms with Crippen LogP contribution in [0.25, 0.3) is 0 Å². The summed E-state index contributed by atoms with van der Waals surface area (Å²) in [6, 6.07) is 19.6. The molecule has 0 radical (unpaired) electrons. The summed E-state index contributed by atoms with van der Waals surface area (Å²) in [7, 11) is 0. The average Bonchev–Trinajstić information content (AvgIpc) is 3.14. The zero-order chi connectivity index (χ0) is 19.3. The molecule has 5 rings (SSSR count). The van der Waals surface area contributed by atoms with Crippen LogP contribution in [0.3, 0.4) is 0 Å². The first-order valence-corrected chi connectivity index (χ1v) is 9.68. The fraction of sp³-hybridized carbons (Fsp3) is 0.136. The van der Waals surface area contributed by atoms with E-state index >= 15 is 0 Å². The van der Waals surface area contributed by atoms with Gasteiger partial charge in [-0.1, -0.05) is 53.5 Å². The van der Waals surface area contributed by atoms with Crippen molar-refractivity contribution in [2.75, 3.05) is 0 Å². The van der Waals surface area contributed by atoms with E-state index < -0.39 is 6.23 Å². The predicted molar refractivity (Wildman–Crippen MR) is 108 cm³/mol. The van der Waals surface area contributed by atoms with Gasteiger partial charge in [0.2, 0.25) is 6.23 Å². The summed E-state index contributed by atoms with van der Waals surface area (Å²) < 4.78 is 19.6. The van der Waals surface area contributed by atoms with Gasteiger partial charge in [0.05, 0.1) is 11.8 Å². The summed E-state index contributed by atoms with van der Waals surface area (Å²) in [6.07, 6.45) is 0.217. The number of halogens is 3. The molecule has 0 spiro atoms. The summed E-state index contributed by atoms with van der Waals surface area (Å²) >= 11 is 12.7. The number of fused-ring (bicyclic) bond motifs is 3. The zero-order valence-electron chi connectivity index (χ0n) is 14.6. The molecule has 0 unspecified atom stereocenters. The average molecular weight is 413 g/mol. The third-order valence-corrected chi connectivity index (χ3v) is 5.68. The fourth-order valence-electron chi connectivity index (χ4n) is 3.76. The van der Waals surface area contributed by atoms with Gasteiger partial charge in [0, 0.05) is 27.6 Å². The number of hydrazone groups is 1. The van der Waals surface area contributed by atoms with Crippen LogP contribution in [0.1, 0.15) is 35.4 Å². The minimum absolute atomic E-state index is 0.0382. The Morgan fingerprint density at radius 1 is 0.964 bits per heavy atom. The van der Waals surface area contributed by atoms with Crippen molar-refractivity contribution in [3.05, 3.63) is 99.3 Å². The molecule has 0 saturated carbocycles. The summed E-state index contributed by atoms with van der Waals surface area (Å²) in [4.78, 5) is 0. The van der Waals surface area contributed by atoms with Crippen molar-refractivity contribution < 1.29 is 9.13 Å². The van der Waals surface area contributed by atoms with E-state index in [1.165, 1.54) is 12.1 Å². The number of benzene rings is 3. The lowest BCUT2D eigenvalue weighted by molar-refractivity contribution is -0.0189. The minimum Gasteiger partial charge on any atom is -0.464 e. The van der Waals surface area contributed by atoms with Gasteiger partial charge in [0.1, 0.15) is 11.6 Å². The van der Waals surface area contributed by atoms with Gasteiger partial charge in [-0.15, -0.1) is 0 Å². The fourth-order valence-corrected chi connectivity index (χ4v) is 4.17. The van der Waals surface area contributed by atoms with Crippen molar-refractivity contribution in [3.8, 4) is 5.75 Å². The zero-order valence-corrected chi connectivity index (χ0v) is 16.2. The van der Waals surface area contributed by atoms with Crippen LogP contribution in [0.2, 0.25) is 10.0 Å². The molecule has 2 atom stereocenters. The number of nitrogens with zero attached hydrogens (tertiary/aromatic N) is 2. The third-order valence-electron chi connectivity index (χ3n) is 5.10. The molecule has 0 N–H and O–H groups in total. The Morgan fingerprint density at radius 2 is 1.75 bits per heavy atom. The van der Waals surface area contributed by atoms with Crippen LogP contribution < -0.4 is 4.74 Å². The smallest absolute Gasteiger partial charge is 0.215 e. The predicted octanol–water partition coefficient (Wildman–Crippen LogP) is 6.37. The van der Waals surface area contributed by atoms with Crippen molar-refractivity contribution in [3.63, 3.8) is 0 Å². The number of rotatable bonds is 2. The lowest BCUT2D eigenvalue weighted by Crippen LogP contribution is -2.33. The maximum atomic E-state index is 13.3. The van der Waals surface area contributed by atoms with E-state index in [0.29, 0.717) is 16.5 Å². The van der Waals surface area contributed by atoms with Crippen molar-refractivity contribution >= 4 is 28.9 Å². The Morgan fingerprint density at radius 3 is 2.54 bits per heavy atom. The van der Waals surface area contributed by atoms with E-state index in [4.69, 9.17) is 33.0 Å². The second-order valence-electron chi connectivity index (χ2n) is 6.83. The summed E-state index contributed by atoms with van der Waals surface area (Å²) in [5, 5.41) is 8.03. The molecule has 0 aliphatic carbocycles. The van der Waals surface area contributed by atoms with Crippen LogP contribution in [0, 0.1) is 5.82 Å². The first kappa shape index (κ1) is 17.5. The highest BCUT2D eigenvalue weighted by Gasteiger charge is 2.41. The van der Waals surface area contributed by atoms with Crippen molar-refractivity contribution in [1.29, 1.82) is 0 Å². The molecule has 2 aliphatic heterocycles. The van der Waals surface area contributed by atoms with E-state index in [1.807, 2.05) is 47.5 Å². The SMILES string of the molecule is Fc1ccc(C2=NN3[C@@H](c4ccccc4Cl)Oc4ccc(Cl)cc4[C@@H]3C2)cc1. The van der Waals surface area contributed by atoms with Gasteiger partial charge in [-0.2, -0.15) is 5.10 Å². The van der Waals surface area contributed by atoms with Gasteiger partial charge in [0.15, 0.2) is 0 Å². The Hall–Kier alpha value is -2.56. The quantitative estimate of drug-likeness (QED) is 0.487. The van der Waals surface area contributed by atoms with Gasteiger partial charge in [-0.3, -0.25) is 0 Å². The standard InChI is InChI=1S/C22H15Cl2FN2O/c23-14-7-10-21-17(11-14)20-12-19(13-5-8-15(25)9-6-13)26-27(20)22(28-21)16-3-1-2-4-18(16)24/h1-11,20,22H,12H2/t20-,22+/m0/s1. The lowest BCUT2D eigenvalue weighted by Gasteiger charge is -2.38. The Bertz CT molecular complexity index is 1080. The van der Waals surface area contributed by atoms with E-state index in [2.05, 4.69) is 0 Å². The van der Waals surface area contributed by atoms with Crippen LogP contribution in [0.5, 0.6) is 5.75 Å². The first-order valence-electron chi connectivity index (χ1n) is 8.92. The Balaban J connectivity index is 1.62. The van der Waals surface area contributed by atoms with Crippen molar-refractivity contribution in [1.82, 2.24) is 5.01 Å². The summed E-state index contributed by atoms with van der Waals surface area (Å²) in [5.41, 5.74) is 3.59. The van der Waals surface area contributed by atoms with Crippen LogP contribution in [-0.4, -0.2) is 10.7 Å². The van der Waals surface area contributed by atoms with Gasteiger partial charge in [-0.25, -0.2) is 9.40 Å². The number of hydrogen-bond acceptors (Lipinski definition) is 3. The van der Waals surface area contributed by atoms with Gasteiger partial charge in [-0.05, 0) is 42.0 Å². The topological polar surface area (TPSA) is 24.8 Å². The van der Waals surface area contributed by atoms with Crippen LogP contribution in [-0.2, 0) is 0 Å². The molecule has 0 fully saturated rings. The first-order chi connectivity index (χ1) is 13.6. The molecule has 6 heteroatoms. The molecule has 0 aromatic heterocycles. The second-order valence-corrected chi connectivity index (χ2v) is 7.67. The molecule has 0 amide bonds. The van der Waals surface area contributed by atoms with Crippen LogP contribution in [0.4, 0.5) is 4.39 Å². The molecule has 3 nitrogen and oxygen atoms in total. The number of ether oxygens (including phenoxy) is 1. The number of hydrogen-bond donors (Lipinski definition) is 0. The summed E-state index contributed by atoms with van der Waals surface area (Å²) in [5.74, 6) is 0.501. The van der Waals surface area contributed by atoms with Crippen LogP contribution in [0.15, 0.2) is 71.8 Å². The molecule has 3 aromatic rings. The van der Waals surface area contributed by atoms with Crippen molar-refractivity contribution in [2.45, 2.75) is 18.7 Å². The second kappa shape index (κ2) is 6.80. The maximum Gasteiger partial charge on any atom is 0.215 e. The van der Waals surface area contributed by atoms with Crippen LogP contribution >= 0.6 is 23.2 Å². The molecule has 0 saturated heterocycles. The largest absolute Gasteiger partial charge is 0.464 e. The van der Waals surface area contributed by atoms with E-state index in [-0.39, 0.29) is 11.9 Å². The van der Waals surface area contributed by atoms with E-state index in [0.717, 1.165) is 28.2 Å². The third kappa shape index (κ3) is 2.93. The summed E-state index contributed by atoms with van der Waals surface area (Å²) in [6.45, 7) is 0. The normalized spacial score (nSPS) is 20.2. The molecular formula is C22H15Cl2FN2O. The van der Waals surface area contributed by atoms with Gasteiger partial charge >= 0.3 is 0 Å². The Kier molecular flexibility index (Phi) is 4.26. The molecule has 140 valence electrons. The molecule has 2 heterocycles. The highest BCUT2D eigenvalue weighted by molar-refractivity contribution is 6.31.